The quantitative estimate of drug-likeness (QED) is 0.659. The highest BCUT2D eigenvalue weighted by Gasteiger charge is 1.95. The topological polar surface area (TPSA) is 0 Å². The van der Waals surface area contributed by atoms with E-state index in [-0.39, 0.29) is 9.52 Å². The van der Waals surface area contributed by atoms with E-state index >= 15 is 0 Å². The molecular weight excluding hydrogens is 212 g/mol. The Kier molecular flexibility index (Phi) is 5.36. The molecule has 0 aliphatic heterocycles. The fourth-order valence-electron chi connectivity index (χ4n) is 1.60. The van der Waals surface area contributed by atoms with Gasteiger partial charge in [-0.25, -0.2) is 0 Å². The largest absolute Gasteiger partial charge is 0.0750 e. The summed E-state index contributed by atoms with van der Waals surface area (Å²) in [6, 6.07) is 15.2. The molecule has 0 saturated heterocycles. The zero-order valence-electron chi connectivity index (χ0n) is 9.96. The zero-order valence-corrected chi connectivity index (χ0v) is 12.8. The van der Waals surface area contributed by atoms with Crippen LogP contribution < -0.4 is 5.19 Å². The third kappa shape index (κ3) is 3.32. The summed E-state index contributed by atoms with van der Waals surface area (Å²) >= 11 is 0. The predicted octanol–water partition coefficient (Wildman–Crippen LogP) is 1.93. The van der Waals surface area contributed by atoms with Crippen LogP contribution in [0.1, 0.15) is 0 Å². The molecule has 0 amide bonds. The van der Waals surface area contributed by atoms with Gasteiger partial charge in [0.05, 0.1) is 9.52 Å². The smallest absolute Gasteiger partial charge is 0.0525 e. The van der Waals surface area contributed by atoms with Gasteiger partial charge in [0.15, 0.2) is 0 Å². The second-order valence-corrected chi connectivity index (χ2v) is 6.58. The van der Waals surface area contributed by atoms with Gasteiger partial charge in [0.2, 0.25) is 0 Å². The minimum Gasteiger partial charge on any atom is -0.0750 e. The highest BCUT2D eigenvalue weighted by atomic mass is 28.2. The maximum Gasteiger partial charge on any atom is 0.0525 e. The van der Waals surface area contributed by atoms with Crippen molar-refractivity contribution in [3.63, 3.8) is 0 Å². The lowest BCUT2D eigenvalue weighted by molar-refractivity contribution is 1.78. The Balaban J connectivity index is 0.000000337. The third-order valence-electron chi connectivity index (χ3n) is 2.26. The van der Waals surface area contributed by atoms with Gasteiger partial charge in [0.1, 0.15) is 0 Å². The first kappa shape index (κ1) is 12.2. The lowest BCUT2D eigenvalue weighted by Crippen LogP contribution is -2.10. The van der Waals surface area contributed by atoms with E-state index in [0.29, 0.717) is 9.52 Å². The average Bonchev–Trinajstić information content (AvgIpc) is 2.29. The molecule has 0 heterocycles. The molecule has 0 spiro atoms. The molecule has 0 N–H and O–H groups in total. The Morgan fingerprint density at radius 3 is 2.07 bits per heavy atom. The lowest BCUT2D eigenvalue weighted by atomic mass is 10.1. The van der Waals surface area contributed by atoms with E-state index in [1.165, 1.54) is 10.8 Å². The van der Waals surface area contributed by atoms with E-state index in [1.807, 2.05) is 0 Å². The van der Waals surface area contributed by atoms with Crippen LogP contribution in [0.25, 0.3) is 10.8 Å². The van der Waals surface area contributed by atoms with Crippen LogP contribution in [-0.2, 0) is 0 Å². The molecule has 2 rings (SSSR count). The van der Waals surface area contributed by atoms with Crippen LogP contribution in [0.5, 0.6) is 0 Å². The summed E-state index contributed by atoms with van der Waals surface area (Å²) in [5.74, 6) is 0. The maximum atomic E-state index is 2.34. The second-order valence-electron chi connectivity index (χ2n) is 3.70. The summed E-state index contributed by atoms with van der Waals surface area (Å²) in [6.07, 6.45) is 0. The normalized spacial score (nSPS) is 10.3. The van der Waals surface area contributed by atoms with Crippen LogP contribution in [-0.4, -0.2) is 19.0 Å². The third-order valence-corrected chi connectivity index (χ3v) is 3.64. The van der Waals surface area contributed by atoms with Crippen LogP contribution in [0, 0.1) is 0 Å². The molecule has 0 unspecified atom stereocenters. The molecule has 0 aromatic heterocycles. The molecular formula is C13H20Si2. The van der Waals surface area contributed by atoms with Gasteiger partial charge in [0, 0.05) is 9.52 Å². The fraction of sp³-hybridized carbons (Fsp3) is 0.231. The van der Waals surface area contributed by atoms with Crippen molar-refractivity contribution in [1.82, 2.24) is 0 Å². The average molecular weight is 232 g/mol. The van der Waals surface area contributed by atoms with Gasteiger partial charge in [0.25, 0.3) is 0 Å². The van der Waals surface area contributed by atoms with Crippen molar-refractivity contribution in [3.8, 4) is 0 Å². The number of benzene rings is 2. The summed E-state index contributed by atoms with van der Waals surface area (Å²) in [7, 11) is 0.386. The molecule has 0 atom stereocenters. The standard InChI is InChI=1S/C11H12Si.C2H8Si/c1-12-11-8-4-6-9-5-2-3-7-10(9)11;1-3-2/h2-8H,12H2,1H3;3H2,1-2H3. The van der Waals surface area contributed by atoms with E-state index < -0.39 is 0 Å². The molecule has 0 aliphatic rings. The molecule has 15 heavy (non-hydrogen) atoms. The predicted molar refractivity (Wildman–Crippen MR) is 78.3 cm³/mol. The molecule has 0 fully saturated rings. The Bertz CT molecular complexity index is 405. The van der Waals surface area contributed by atoms with E-state index in [2.05, 4.69) is 62.1 Å². The van der Waals surface area contributed by atoms with Gasteiger partial charge < -0.3 is 0 Å². The first-order valence-corrected chi connectivity index (χ1v) is 10.7. The van der Waals surface area contributed by atoms with Gasteiger partial charge in [-0.2, -0.15) is 0 Å². The first-order valence-electron chi connectivity index (χ1n) is 5.80. The van der Waals surface area contributed by atoms with Gasteiger partial charge in [-0.05, 0) is 10.8 Å². The number of hydrogen-bond acceptors (Lipinski definition) is 0. The van der Waals surface area contributed by atoms with Crippen molar-refractivity contribution >= 4 is 35.0 Å². The Hall–Kier alpha value is -0.866. The summed E-state index contributed by atoms with van der Waals surface area (Å²) in [5.41, 5.74) is 0. The van der Waals surface area contributed by atoms with E-state index in [1.54, 1.807) is 5.19 Å². The van der Waals surface area contributed by atoms with E-state index in [4.69, 9.17) is 0 Å². The molecule has 0 saturated carbocycles. The SMILES string of the molecule is C[SiH2]C.C[SiH2]c1cccc2ccccc12. The molecule has 80 valence electrons. The molecule has 2 heteroatoms. The Morgan fingerprint density at radius 2 is 1.40 bits per heavy atom. The van der Waals surface area contributed by atoms with Gasteiger partial charge in [-0.3, -0.25) is 0 Å². The van der Waals surface area contributed by atoms with E-state index in [9.17, 15) is 0 Å². The van der Waals surface area contributed by atoms with E-state index in [0.717, 1.165) is 0 Å². The zero-order chi connectivity index (χ0) is 11.1. The Labute approximate surface area is 97.4 Å². The molecule has 0 aliphatic carbocycles. The van der Waals surface area contributed by atoms with Crippen molar-refractivity contribution in [2.24, 2.45) is 0 Å². The fourth-order valence-corrected chi connectivity index (χ4v) is 2.68. The Morgan fingerprint density at radius 1 is 0.800 bits per heavy atom. The summed E-state index contributed by atoms with van der Waals surface area (Å²) in [4.78, 5) is 0. The minimum absolute atomic E-state index is 0.0306. The van der Waals surface area contributed by atoms with Crippen LogP contribution in [0.3, 0.4) is 0 Å². The highest BCUT2D eigenvalue weighted by Crippen LogP contribution is 2.09. The van der Waals surface area contributed by atoms with Crippen LogP contribution >= 0.6 is 0 Å². The van der Waals surface area contributed by atoms with Crippen LogP contribution in [0.2, 0.25) is 19.6 Å². The van der Waals surface area contributed by atoms with Gasteiger partial charge in [-0.15, -0.1) is 0 Å². The lowest BCUT2D eigenvalue weighted by Gasteiger charge is -2.01. The van der Waals surface area contributed by atoms with Crippen LogP contribution in [0.15, 0.2) is 42.5 Å². The van der Waals surface area contributed by atoms with Crippen molar-refractivity contribution in [2.45, 2.75) is 19.6 Å². The van der Waals surface area contributed by atoms with Crippen molar-refractivity contribution < 1.29 is 0 Å². The second kappa shape index (κ2) is 6.59. The first-order chi connectivity index (χ1) is 7.33. The summed E-state index contributed by atoms with van der Waals surface area (Å²) < 4.78 is 0. The van der Waals surface area contributed by atoms with Gasteiger partial charge in [-0.1, -0.05) is 67.3 Å². The molecule has 0 nitrogen and oxygen atoms in total. The number of hydrogen-bond donors (Lipinski definition) is 0. The number of rotatable bonds is 1. The molecule has 2 aromatic carbocycles. The van der Waals surface area contributed by atoms with Crippen molar-refractivity contribution in [3.05, 3.63) is 42.5 Å². The van der Waals surface area contributed by atoms with Gasteiger partial charge >= 0.3 is 0 Å². The van der Waals surface area contributed by atoms with Crippen molar-refractivity contribution in [1.29, 1.82) is 0 Å². The molecule has 2 aromatic rings. The van der Waals surface area contributed by atoms with Crippen LogP contribution in [0.4, 0.5) is 0 Å². The monoisotopic (exact) mass is 232 g/mol. The molecule has 0 bridgehead atoms. The van der Waals surface area contributed by atoms with Crippen molar-refractivity contribution in [2.75, 3.05) is 0 Å². The summed E-state index contributed by atoms with van der Waals surface area (Å²) in [5, 5.41) is 4.41. The number of fused-ring (bicyclic) bond motifs is 1. The summed E-state index contributed by atoms with van der Waals surface area (Å²) in [6.45, 7) is 6.86. The highest BCUT2D eigenvalue weighted by molar-refractivity contribution is 6.55. The minimum atomic E-state index is -0.0306. The molecule has 0 radical (unpaired) electrons. The maximum absolute atomic E-state index is 2.34.